The molecule has 0 bridgehead atoms. The van der Waals surface area contributed by atoms with E-state index in [0.717, 1.165) is 26.1 Å². The van der Waals surface area contributed by atoms with Gasteiger partial charge < -0.3 is 34.0 Å². The summed E-state index contributed by atoms with van der Waals surface area (Å²) < 4.78 is 19.4. The fraction of sp³-hybridized carbons (Fsp3) is 0.895. The number of aliphatic hydroxyl groups is 2. The Morgan fingerprint density at radius 2 is 1.26 bits per heavy atom. The van der Waals surface area contributed by atoms with Gasteiger partial charge in [0.25, 0.3) is 0 Å². The molecular weight excluding hydrogens is 356 g/mol. The zero-order valence-electron chi connectivity index (χ0n) is 17.5. The Bertz CT molecular complexity index is 287. The van der Waals surface area contributed by atoms with Gasteiger partial charge in [0.15, 0.2) is 0 Å². The van der Waals surface area contributed by atoms with Crippen molar-refractivity contribution in [3.8, 4) is 0 Å². The molecule has 0 amide bonds. The van der Waals surface area contributed by atoms with Crippen LogP contribution >= 0.6 is 0 Å². The number of carbonyl (C=O) groups is 2. The molecule has 0 aromatic heterocycles. The number of aliphatic hydroxyl groups excluding tert-OH is 2. The van der Waals surface area contributed by atoms with Crippen LogP contribution in [-0.2, 0) is 28.5 Å². The highest BCUT2D eigenvalue weighted by Crippen LogP contribution is 1.95. The molecule has 27 heavy (non-hydrogen) atoms. The van der Waals surface area contributed by atoms with E-state index < -0.39 is 0 Å². The summed E-state index contributed by atoms with van der Waals surface area (Å²) in [6, 6.07) is 0. The lowest BCUT2D eigenvalue weighted by Gasteiger charge is -2.01. The molecule has 2 N–H and O–H groups in total. The van der Waals surface area contributed by atoms with Crippen LogP contribution in [0.4, 0.5) is 0 Å². The maximum Gasteiger partial charge on any atom is 0.306 e. The molecule has 0 unspecified atom stereocenters. The van der Waals surface area contributed by atoms with E-state index in [-0.39, 0.29) is 31.4 Å². The summed E-state index contributed by atoms with van der Waals surface area (Å²) in [5.41, 5.74) is 0. The molecule has 8 heteroatoms. The smallest absolute Gasteiger partial charge is 0.306 e. The Morgan fingerprint density at radius 1 is 0.741 bits per heavy atom. The predicted octanol–water partition coefficient (Wildman–Crippen LogP) is 1.75. The summed E-state index contributed by atoms with van der Waals surface area (Å²) in [5.74, 6) is -0.235. The molecule has 0 heterocycles. The van der Waals surface area contributed by atoms with Crippen molar-refractivity contribution in [3.63, 3.8) is 0 Å². The van der Waals surface area contributed by atoms with Crippen LogP contribution in [0.25, 0.3) is 0 Å². The highest BCUT2D eigenvalue weighted by atomic mass is 16.5. The molecule has 0 rings (SSSR count). The van der Waals surface area contributed by atoms with Crippen molar-refractivity contribution in [2.24, 2.45) is 0 Å². The van der Waals surface area contributed by atoms with Crippen molar-refractivity contribution in [2.45, 2.75) is 53.4 Å². The number of Topliss-reactive ketones (excluding diaryl/α,β-unsaturated/α-hetero) is 1. The molecule has 0 aromatic rings. The largest absolute Gasteiger partial charge is 0.466 e. The first-order valence-corrected chi connectivity index (χ1v) is 9.59. The molecule has 0 radical (unpaired) electrons. The van der Waals surface area contributed by atoms with Crippen molar-refractivity contribution in [3.05, 3.63) is 0 Å². The molecule has 0 atom stereocenters. The van der Waals surface area contributed by atoms with Gasteiger partial charge in [0.1, 0.15) is 5.78 Å². The maximum absolute atomic E-state index is 10.8. The zero-order chi connectivity index (χ0) is 21.2. The van der Waals surface area contributed by atoms with Crippen LogP contribution in [0.5, 0.6) is 0 Å². The van der Waals surface area contributed by atoms with E-state index in [1.807, 2.05) is 20.8 Å². The van der Waals surface area contributed by atoms with Gasteiger partial charge in [-0.1, -0.05) is 13.3 Å². The van der Waals surface area contributed by atoms with Crippen LogP contribution in [0.15, 0.2) is 0 Å². The quantitative estimate of drug-likeness (QED) is 0.318. The van der Waals surface area contributed by atoms with Gasteiger partial charge in [-0.05, 0) is 27.2 Å². The summed E-state index contributed by atoms with van der Waals surface area (Å²) >= 11 is 0. The van der Waals surface area contributed by atoms with Gasteiger partial charge in [-0.2, -0.15) is 0 Å². The van der Waals surface area contributed by atoms with E-state index in [2.05, 4.69) is 0 Å². The number of hydrogen-bond acceptors (Lipinski definition) is 8. The van der Waals surface area contributed by atoms with E-state index >= 15 is 0 Å². The van der Waals surface area contributed by atoms with E-state index in [0.29, 0.717) is 39.5 Å². The highest BCUT2D eigenvalue weighted by Gasteiger charge is 2.03. The maximum atomic E-state index is 10.8. The van der Waals surface area contributed by atoms with E-state index in [1.165, 1.54) is 6.92 Å². The highest BCUT2D eigenvalue weighted by molar-refractivity contribution is 5.80. The van der Waals surface area contributed by atoms with Crippen molar-refractivity contribution in [1.82, 2.24) is 0 Å². The lowest BCUT2D eigenvalue weighted by Crippen LogP contribution is -2.09. The first-order chi connectivity index (χ1) is 13.0. The molecule has 0 aliphatic carbocycles. The van der Waals surface area contributed by atoms with Crippen molar-refractivity contribution in [2.75, 3.05) is 59.5 Å². The summed E-state index contributed by atoms with van der Waals surface area (Å²) in [6.45, 7) is 11.4. The third-order valence-electron chi connectivity index (χ3n) is 2.69. The summed E-state index contributed by atoms with van der Waals surface area (Å²) in [7, 11) is 0. The van der Waals surface area contributed by atoms with Gasteiger partial charge in [0, 0.05) is 19.6 Å². The average molecular weight is 397 g/mol. The Morgan fingerprint density at radius 3 is 1.59 bits per heavy atom. The summed E-state index contributed by atoms with van der Waals surface area (Å²) in [4.78, 5) is 21.3. The van der Waals surface area contributed by atoms with Gasteiger partial charge in [-0.15, -0.1) is 0 Å². The van der Waals surface area contributed by atoms with E-state index in [9.17, 15) is 9.59 Å². The first kappa shape index (κ1) is 30.7. The molecule has 0 aromatic carbocycles. The van der Waals surface area contributed by atoms with Crippen LogP contribution < -0.4 is 0 Å². The number of esters is 1. The molecule has 0 fully saturated rings. The number of hydrogen-bond donors (Lipinski definition) is 2. The van der Waals surface area contributed by atoms with Crippen molar-refractivity contribution in [1.29, 1.82) is 0 Å². The third-order valence-corrected chi connectivity index (χ3v) is 2.69. The molecule has 0 spiro atoms. The monoisotopic (exact) mass is 396 g/mol. The summed E-state index contributed by atoms with van der Waals surface area (Å²) in [6.07, 6.45) is 2.43. The Balaban J connectivity index is -0.000000347. The molecule has 8 nitrogen and oxygen atoms in total. The van der Waals surface area contributed by atoms with Gasteiger partial charge in [-0.25, -0.2) is 0 Å². The van der Waals surface area contributed by atoms with E-state index in [1.54, 1.807) is 0 Å². The second kappa shape index (κ2) is 29.7. The number of unbranched alkanes of at least 4 members (excludes halogenated alkanes) is 1. The zero-order valence-corrected chi connectivity index (χ0v) is 17.5. The molecule has 0 saturated carbocycles. The SMILES string of the molecule is CCCCOC(=O)CCC(C)=O.CCOCC.OCCOCCOCCO. The normalized spacial score (nSPS) is 9.56. The van der Waals surface area contributed by atoms with E-state index in [4.69, 9.17) is 29.2 Å². The van der Waals surface area contributed by atoms with Crippen molar-refractivity contribution < 1.29 is 38.7 Å². The van der Waals surface area contributed by atoms with Crippen molar-refractivity contribution >= 4 is 11.8 Å². The van der Waals surface area contributed by atoms with Gasteiger partial charge >= 0.3 is 5.97 Å². The number of ether oxygens (including phenoxy) is 4. The van der Waals surface area contributed by atoms with Gasteiger partial charge in [-0.3, -0.25) is 4.79 Å². The minimum absolute atomic E-state index is 0.0300. The number of ketones is 1. The Kier molecular flexibility index (Phi) is 33.7. The summed E-state index contributed by atoms with van der Waals surface area (Å²) in [5, 5.41) is 16.5. The minimum atomic E-state index is -0.265. The fourth-order valence-corrected chi connectivity index (χ4v) is 1.34. The number of carbonyl (C=O) groups excluding carboxylic acids is 2. The standard InChI is InChI=1S/C9H16O3.C6H14O4.C4H10O/c1-3-4-7-12-9(11)6-5-8(2)10;7-1-3-9-5-6-10-4-2-8;1-3-5-4-2/h3-7H2,1-2H3;7-8H,1-6H2;3-4H2,1-2H3. The Hall–Kier alpha value is -1.06. The second-order valence-corrected chi connectivity index (χ2v) is 5.23. The predicted molar refractivity (Wildman–Crippen MR) is 104 cm³/mol. The molecule has 0 saturated heterocycles. The van der Waals surface area contributed by atoms with Crippen LogP contribution in [0.3, 0.4) is 0 Å². The fourth-order valence-electron chi connectivity index (χ4n) is 1.34. The molecule has 164 valence electrons. The van der Waals surface area contributed by atoms with Crippen LogP contribution in [0.2, 0.25) is 0 Å². The minimum Gasteiger partial charge on any atom is -0.466 e. The first-order valence-electron chi connectivity index (χ1n) is 9.59. The second-order valence-electron chi connectivity index (χ2n) is 5.23. The van der Waals surface area contributed by atoms with Gasteiger partial charge in [0.2, 0.25) is 0 Å². The van der Waals surface area contributed by atoms with Crippen LogP contribution in [-0.4, -0.2) is 81.4 Å². The lowest BCUT2D eigenvalue weighted by molar-refractivity contribution is -0.144. The van der Waals surface area contributed by atoms with Gasteiger partial charge in [0.05, 0.1) is 52.7 Å². The number of rotatable bonds is 15. The third kappa shape index (κ3) is 40.8. The lowest BCUT2D eigenvalue weighted by atomic mass is 10.2. The molecule has 0 aliphatic rings. The van der Waals surface area contributed by atoms with Crippen LogP contribution in [0.1, 0.15) is 53.4 Å². The average Bonchev–Trinajstić information content (AvgIpc) is 2.65. The molecule has 0 aliphatic heterocycles. The Labute approximate surface area is 164 Å². The topological polar surface area (TPSA) is 112 Å². The molecular formula is C19H40O8. The van der Waals surface area contributed by atoms with Crippen LogP contribution in [0, 0.1) is 0 Å².